The summed E-state index contributed by atoms with van der Waals surface area (Å²) in [6.45, 7) is 2.46. The molecular weight excluding hydrogens is 273 g/mol. The Labute approximate surface area is 114 Å². The van der Waals surface area contributed by atoms with Crippen LogP contribution in [-0.2, 0) is 0 Å². The molecule has 0 aliphatic heterocycles. The number of pyridine rings is 1. The first kappa shape index (κ1) is 16.1. The van der Waals surface area contributed by atoms with Gasteiger partial charge in [0, 0.05) is 12.7 Å². The van der Waals surface area contributed by atoms with Crippen LogP contribution in [0.5, 0.6) is 0 Å². The monoisotopic (exact) mass is 290 g/mol. The molecule has 0 saturated heterocycles. The fraction of sp³-hybridized carbons (Fsp3) is 0.500. The molecular formula is C12H17F3N4O. The van der Waals surface area contributed by atoms with Crippen LogP contribution in [0.25, 0.3) is 0 Å². The van der Waals surface area contributed by atoms with Crippen molar-refractivity contribution in [2.24, 2.45) is 10.9 Å². The minimum Gasteiger partial charge on any atom is -0.409 e. The van der Waals surface area contributed by atoms with Crippen molar-refractivity contribution in [1.82, 2.24) is 4.98 Å². The molecule has 1 heterocycles. The molecule has 0 aromatic carbocycles. The molecule has 0 unspecified atom stereocenters. The van der Waals surface area contributed by atoms with Gasteiger partial charge >= 0.3 is 6.18 Å². The van der Waals surface area contributed by atoms with E-state index in [1.54, 1.807) is 19.9 Å². The zero-order valence-corrected chi connectivity index (χ0v) is 11.3. The summed E-state index contributed by atoms with van der Waals surface area (Å²) in [5.74, 6) is -0.187. The summed E-state index contributed by atoms with van der Waals surface area (Å²) in [7, 11) is 0. The Bertz CT molecular complexity index is 488. The molecule has 5 nitrogen and oxygen atoms in total. The minimum atomic E-state index is -4.36. The number of halogens is 3. The average molecular weight is 290 g/mol. The molecule has 20 heavy (non-hydrogen) atoms. The highest BCUT2D eigenvalue weighted by Gasteiger charge is 2.32. The maximum absolute atomic E-state index is 12.6. The lowest BCUT2D eigenvalue weighted by Gasteiger charge is -2.26. The summed E-state index contributed by atoms with van der Waals surface area (Å²) in [5, 5.41) is 11.6. The van der Waals surface area contributed by atoms with Gasteiger partial charge in [-0.05, 0) is 25.0 Å². The Morgan fingerprint density at radius 2 is 2.15 bits per heavy atom. The molecule has 1 aromatic heterocycles. The predicted molar refractivity (Wildman–Crippen MR) is 70.0 cm³/mol. The normalized spacial score (nSPS) is 12.6. The molecule has 3 N–H and O–H groups in total. The van der Waals surface area contributed by atoms with Crippen LogP contribution < -0.4 is 10.6 Å². The van der Waals surface area contributed by atoms with E-state index in [4.69, 9.17) is 10.9 Å². The molecule has 0 fully saturated rings. The molecule has 0 aliphatic carbocycles. The van der Waals surface area contributed by atoms with Crippen LogP contribution in [0.15, 0.2) is 17.4 Å². The van der Waals surface area contributed by atoms with Crippen LogP contribution in [0.3, 0.4) is 0 Å². The Balaban J connectivity index is 3.29. The van der Waals surface area contributed by atoms with Gasteiger partial charge in [0.25, 0.3) is 0 Å². The van der Waals surface area contributed by atoms with Crippen LogP contribution in [0.4, 0.5) is 19.0 Å². The number of nitrogens with zero attached hydrogens (tertiary/aromatic N) is 3. The van der Waals surface area contributed by atoms with Crippen molar-refractivity contribution in [3.05, 3.63) is 23.4 Å². The number of rotatable bonds is 5. The van der Waals surface area contributed by atoms with Crippen molar-refractivity contribution in [1.29, 1.82) is 0 Å². The summed E-state index contributed by atoms with van der Waals surface area (Å²) in [4.78, 5) is 5.05. The van der Waals surface area contributed by atoms with E-state index in [0.29, 0.717) is 12.0 Å². The van der Waals surface area contributed by atoms with E-state index in [-0.39, 0.29) is 23.8 Å². The van der Waals surface area contributed by atoms with Gasteiger partial charge in [-0.15, -0.1) is 0 Å². The number of aromatic nitrogens is 1. The summed E-state index contributed by atoms with van der Waals surface area (Å²) >= 11 is 0. The van der Waals surface area contributed by atoms with E-state index >= 15 is 0 Å². The van der Waals surface area contributed by atoms with Gasteiger partial charge in [0.1, 0.15) is 12.4 Å². The lowest BCUT2D eigenvalue weighted by molar-refractivity contribution is -0.119. The zero-order valence-electron chi connectivity index (χ0n) is 11.3. The molecule has 0 aliphatic rings. The summed E-state index contributed by atoms with van der Waals surface area (Å²) in [6, 6.07) is 1.59. The second-order valence-electron chi connectivity index (χ2n) is 4.35. The van der Waals surface area contributed by atoms with Crippen molar-refractivity contribution in [2.45, 2.75) is 26.4 Å². The SMILES string of the molecule is CCCN(CC(F)(F)F)c1nccc(C)c1/C(N)=N/O. The first-order valence-corrected chi connectivity index (χ1v) is 6.05. The number of hydrogen-bond acceptors (Lipinski definition) is 4. The second kappa shape index (κ2) is 6.44. The highest BCUT2D eigenvalue weighted by Crippen LogP contribution is 2.25. The fourth-order valence-corrected chi connectivity index (χ4v) is 1.90. The number of anilines is 1. The van der Waals surface area contributed by atoms with Crippen LogP contribution in [0.2, 0.25) is 0 Å². The maximum Gasteiger partial charge on any atom is 0.405 e. The van der Waals surface area contributed by atoms with Gasteiger partial charge in [-0.1, -0.05) is 12.1 Å². The molecule has 0 atom stereocenters. The smallest absolute Gasteiger partial charge is 0.405 e. The molecule has 0 saturated carbocycles. The quantitative estimate of drug-likeness (QED) is 0.377. The number of nitrogens with two attached hydrogens (primary N) is 1. The van der Waals surface area contributed by atoms with E-state index in [1.807, 2.05) is 0 Å². The highest BCUT2D eigenvalue weighted by atomic mass is 19.4. The van der Waals surface area contributed by atoms with Crippen LogP contribution in [-0.4, -0.2) is 35.3 Å². The Kier molecular flexibility index (Phi) is 5.18. The average Bonchev–Trinajstić information content (AvgIpc) is 2.35. The zero-order chi connectivity index (χ0) is 15.3. The van der Waals surface area contributed by atoms with Crippen molar-refractivity contribution in [2.75, 3.05) is 18.0 Å². The van der Waals surface area contributed by atoms with Gasteiger partial charge < -0.3 is 15.8 Å². The topological polar surface area (TPSA) is 74.7 Å². The van der Waals surface area contributed by atoms with Crippen molar-refractivity contribution in [3.63, 3.8) is 0 Å². The van der Waals surface area contributed by atoms with Crippen LogP contribution in [0, 0.1) is 6.92 Å². The fourth-order valence-electron chi connectivity index (χ4n) is 1.90. The highest BCUT2D eigenvalue weighted by molar-refractivity contribution is 6.02. The van der Waals surface area contributed by atoms with Gasteiger partial charge in [0.15, 0.2) is 5.84 Å². The number of oxime groups is 1. The summed E-state index contributed by atoms with van der Waals surface area (Å²) in [5.41, 5.74) is 6.35. The van der Waals surface area contributed by atoms with E-state index in [2.05, 4.69) is 10.1 Å². The van der Waals surface area contributed by atoms with Gasteiger partial charge in [-0.3, -0.25) is 0 Å². The third-order valence-corrected chi connectivity index (χ3v) is 2.67. The molecule has 0 spiro atoms. The van der Waals surface area contributed by atoms with Gasteiger partial charge in [-0.2, -0.15) is 13.2 Å². The lowest BCUT2D eigenvalue weighted by Crippen LogP contribution is -2.37. The van der Waals surface area contributed by atoms with Crippen molar-refractivity contribution >= 4 is 11.7 Å². The molecule has 1 rings (SSSR count). The molecule has 1 aromatic rings. The number of hydrogen-bond donors (Lipinski definition) is 2. The Hall–Kier alpha value is -1.99. The first-order valence-electron chi connectivity index (χ1n) is 6.05. The van der Waals surface area contributed by atoms with E-state index in [1.165, 1.54) is 6.20 Å². The van der Waals surface area contributed by atoms with E-state index < -0.39 is 12.7 Å². The Morgan fingerprint density at radius 1 is 1.50 bits per heavy atom. The van der Waals surface area contributed by atoms with E-state index in [0.717, 1.165) is 4.90 Å². The summed E-state index contributed by atoms with van der Waals surface area (Å²) < 4.78 is 37.9. The van der Waals surface area contributed by atoms with Crippen LogP contribution >= 0.6 is 0 Å². The Morgan fingerprint density at radius 3 is 2.65 bits per heavy atom. The summed E-state index contributed by atoms with van der Waals surface area (Å²) in [6.07, 6.45) is -2.44. The minimum absolute atomic E-state index is 0.0690. The van der Waals surface area contributed by atoms with Gasteiger partial charge in [0.2, 0.25) is 0 Å². The predicted octanol–water partition coefficient (Wildman–Crippen LogP) is 2.26. The van der Waals surface area contributed by atoms with Crippen molar-refractivity contribution < 1.29 is 18.4 Å². The van der Waals surface area contributed by atoms with Gasteiger partial charge in [0.05, 0.1) is 5.56 Å². The van der Waals surface area contributed by atoms with Gasteiger partial charge in [-0.25, -0.2) is 4.98 Å². The molecule has 0 bridgehead atoms. The lowest BCUT2D eigenvalue weighted by atomic mass is 10.1. The maximum atomic E-state index is 12.6. The molecule has 0 amide bonds. The number of alkyl halides is 3. The van der Waals surface area contributed by atoms with E-state index in [9.17, 15) is 13.2 Å². The standard InChI is InChI=1S/C12H17F3N4O/c1-3-6-19(7-12(13,14)15)11-9(10(16)18-20)8(2)4-5-17-11/h4-5,20H,3,6-7H2,1-2H3,(H2,16,18). The third kappa shape index (κ3) is 4.01. The second-order valence-corrected chi connectivity index (χ2v) is 4.35. The molecule has 0 radical (unpaired) electrons. The molecule has 8 heteroatoms. The number of aryl methyl sites for hydroxylation is 1. The largest absolute Gasteiger partial charge is 0.409 e. The van der Waals surface area contributed by atoms with Crippen molar-refractivity contribution in [3.8, 4) is 0 Å². The third-order valence-electron chi connectivity index (χ3n) is 2.67. The van der Waals surface area contributed by atoms with Crippen LogP contribution in [0.1, 0.15) is 24.5 Å². The molecule has 112 valence electrons. The number of amidine groups is 1. The first-order chi connectivity index (χ1) is 9.30.